The summed E-state index contributed by atoms with van der Waals surface area (Å²) in [6, 6.07) is 7.10. The Labute approximate surface area is 134 Å². The largest absolute Gasteiger partial charge is 0.467 e. The fourth-order valence-corrected chi connectivity index (χ4v) is 2.72. The van der Waals surface area contributed by atoms with E-state index in [1.165, 1.54) is 23.8 Å². The number of hydrogen-bond acceptors (Lipinski definition) is 5. The second kappa shape index (κ2) is 6.79. The zero-order chi connectivity index (χ0) is 16.3. The normalized spacial score (nSPS) is 17.6. The Morgan fingerprint density at radius 2 is 2.00 bits per heavy atom. The summed E-state index contributed by atoms with van der Waals surface area (Å²) >= 11 is 1.32. The monoisotopic (exact) mass is 318 g/mol. The molecule has 0 saturated heterocycles. The van der Waals surface area contributed by atoms with Crippen molar-refractivity contribution in [2.45, 2.75) is 19.9 Å². The zero-order valence-corrected chi connectivity index (χ0v) is 13.8. The molecule has 5 nitrogen and oxygen atoms in total. The number of benzene rings is 1. The molecule has 0 saturated carbocycles. The third-order valence-corrected chi connectivity index (χ3v) is 4.01. The zero-order valence-electron chi connectivity index (χ0n) is 13.0. The van der Waals surface area contributed by atoms with Gasteiger partial charge in [0.1, 0.15) is 11.7 Å². The minimum atomic E-state index is -0.701. The molecule has 1 aromatic rings. The Hall–Kier alpha value is -2.08. The molecule has 0 spiro atoms. The first-order valence-corrected chi connectivity index (χ1v) is 8.03. The quantitative estimate of drug-likeness (QED) is 0.634. The Morgan fingerprint density at radius 1 is 1.36 bits per heavy atom. The smallest absolute Gasteiger partial charge is 0.328 e. The Balaban J connectivity index is 2.32. The minimum Gasteiger partial charge on any atom is -0.467 e. The number of nitrogens with zero attached hydrogens (tertiary/aromatic N) is 2. The SMILES string of the molecule is COC(=O)[C@@H](C)N1C(=O)/C(=C/c2ccc(C)cc2)N=C1SC. The number of esters is 1. The van der Waals surface area contributed by atoms with Crippen LogP contribution in [0.3, 0.4) is 0 Å². The highest BCUT2D eigenvalue weighted by molar-refractivity contribution is 8.13. The molecule has 0 aliphatic carbocycles. The fraction of sp³-hybridized carbons (Fsp3) is 0.312. The molecule has 0 radical (unpaired) electrons. The first kappa shape index (κ1) is 16.3. The van der Waals surface area contributed by atoms with Crippen LogP contribution >= 0.6 is 11.8 Å². The van der Waals surface area contributed by atoms with Crippen molar-refractivity contribution >= 4 is 34.9 Å². The number of carbonyl (C=O) groups excluding carboxylic acids is 2. The van der Waals surface area contributed by atoms with Crippen molar-refractivity contribution in [1.29, 1.82) is 0 Å². The van der Waals surface area contributed by atoms with Crippen molar-refractivity contribution in [3.63, 3.8) is 0 Å². The lowest BCUT2D eigenvalue weighted by Crippen LogP contribution is -2.43. The Kier molecular flexibility index (Phi) is 5.03. The molecule has 1 atom stereocenters. The van der Waals surface area contributed by atoms with Gasteiger partial charge in [-0.2, -0.15) is 0 Å². The highest BCUT2D eigenvalue weighted by Crippen LogP contribution is 2.25. The number of amidine groups is 1. The van der Waals surface area contributed by atoms with Crippen LogP contribution in [0.4, 0.5) is 0 Å². The lowest BCUT2D eigenvalue weighted by atomic mass is 10.1. The molecule has 22 heavy (non-hydrogen) atoms. The van der Waals surface area contributed by atoms with Crippen molar-refractivity contribution in [3.05, 3.63) is 41.1 Å². The van der Waals surface area contributed by atoms with E-state index in [1.54, 1.807) is 13.0 Å². The number of aliphatic imine (C=N–C) groups is 1. The van der Waals surface area contributed by atoms with Crippen LogP contribution in [0.1, 0.15) is 18.1 Å². The molecule has 0 N–H and O–H groups in total. The summed E-state index contributed by atoms with van der Waals surface area (Å²) in [5, 5.41) is 0.501. The summed E-state index contributed by atoms with van der Waals surface area (Å²) < 4.78 is 4.72. The number of carbonyl (C=O) groups is 2. The van der Waals surface area contributed by atoms with Crippen molar-refractivity contribution in [1.82, 2.24) is 4.90 Å². The Bertz CT molecular complexity index is 650. The third kappa shape index (κ3) is 3.22. The van der Waals surface area contributed by atoms with Gasteiger partial charge in [0.25, 0.3) is 5.91 Å². The van der Waals surface area contributed by atoms with E-state index in [2.05, 4.69) is 4.99 Å². The maximum absolute atomic E-state index is 12.5. The number of rotatable bonds is 3. The van der Waals surface area contributed by atoms with Gasteiger partial charge in [-0.15, -0.1) is 0 Å². The van der Waals surface area contributed by atoms with Gasteiger partial charge >= 0.3 is 5.97 Å². The summed E-state index contributed by atoms with van der Waals surface area (Å²) in [4.78, 5) is 29.9. The summed E-state index contributed by atoms with van der Waals surface area (Å²) in [6.45, 7) is 3.63. The van der Waals surface area contributed by atoms with Gasteiger partial charge < -0.3 is 4.74 Å². The van der Waals surface area contributed by atoms with Crippen molar-refractivity contribution in [2.75, 3.05) is 13.4 Å². The summed E-state index contributed by atoms with van der Waals surface area (Å²) in [7, 11) is 1.30. The van der Waals surface area contributed by atoms with Crippen LogP contribution < -0.4 is 0 Å². The molecular weight excluding hydrogens is 300 g/mol. The van der Waals surface area contributed by atoms with E-state index < -0.39 is 12.0 Å². The van der Waals surface area contributed by atoms with Crippen molar-refractivity contribution in [3.8, 4) is 0 Å². The highest BCUT2D eigenvalue weighted by Gasteiger charge is 2.37. The predicted octanol–water partition coefficient (Wildman–Crippen LogP) is 2.46. The molecule has 6 heteroatoms. The van der Waals surface area contributed by atoms with Crippen LogP contribution in [-0.2, 0) is 14.3 Å². The molecule has 116 valence electrons. The summed E-state index contributed by atoms with van der Waals surface area (Å²) in [5.41, 5.74) is 2.36. The number of aryl methyl sites for hydroxylation is 1. The van der Waals surface area contributed by atoms with Gasteiger partial charge in [0.05, 0.1) is 7.11 Å². The molecule has 1 aliphatic rings. The molecule has 0 aromatic heterocycles. The van der Waals surface area contributed by atoms with Crippen molar-refractivity contribution in [2.24, 2.45) is 4.99 Å². The van der Waals surface area contributed by atoms with Gasteiger partial charge in [-0.3, -0.25) is 9.69 Å². The first-order chi connectivity index (χ1) is 10.5. The van der Waals surface area contributed by atoms with Crippen LogP contribution in [-0.4, -0.2) is 41.4 Å². The van der Waals surface area contributed by atoms with E-state index in [-0.39, 0.29) is 5.91 Å². The minimum absolute atomic E-state index is 0.289. The van der Waals surface area contributed by atoms with Crippen LogP contribution in [0.15, 0.2) is 35.0 Å². The van der Waals surface area contributed by atoms with Crippen LogP contribution in [0.5, 0.6) is 0 Å². The van der Waals surface area contributed by atoms with Gasteiger partial charge in [0, 0.05) is 0 Å². The maximum atomic E-state index is 12.5. The van der Waals surface area contributed by atoms with E-state index in [1.807, 2.05) is 37.4 Å². The molecule has 1 aromatic carbocycles. The number of methoxy groups -OCH3 is 1. The molecule has 2 rings (SSSR count). The number of ether oxygens (including phenoxy) is 1. The Morgan fingerprint density at radius 3 is 2.55 bits per heavy atom. The topological polar surface area (TPSA) is 59.0 Å². The van der Waals surface area contributed by atoms with Gasteiger partial charge in [-0.1, -0.05) is 41.6 Å². The number of thioether (sulfide) groups is 1. The van der Waals surface area contributed by atoms with E-state index in [9.17, 15) is 9.59 Å². The highest BCUT2D eigenvalue weighted by atomic mass is 32.2. The molecular formula is C16H18N2O3S. The number of hydrogen-bond donors (Lipinski definition) is 0. The predicted molar refractivity (Wildman–Crippen MR) is 88.4 cm³/mol. The third-order valence-electron chi connectivity index (χ3n) is 3.35. The van der Waals surface area contributed by atoms with E-state index in [0.717, 1.165) is 11.1 Å². The van der Waals surface area contributed by atoms with Gasteiger partial charge in [-0.25, -0.2) is 9.79 Å². The second-order valence-electron chi connectivity index (χ2n) is 4.91. The summed E-state index contributed by atoms with van der Waals surface area (Å²) in [6.07, 6.45) is 3.54. The second-order valence-corrected chi connectivity index (χ2v) is 5.69. The van der Waals surface area contributed by atoms with Gasteiger partial charge in [0.15, 0.2) is 5.17 Å². The van der Waals surface area contributed by atoms with Gasteiger partial charge in [-0.05, 0) is 31.7 Å². The fourth-order valence-electron chi connectivity index (χ4n) is 2.09. The average Bonchev–Trinajstić information content (AvgIpc) is 2.84. The molecule has 1 amide bonds. The van der Waals surface area contributed by atoms with E-state index >= 15 is 0 Å². The molecule has 1 heterocycles. The first-order valence-electron chi connectivity index (χ1n) is 6.80. The van der Waals surface area contributed by atoms with Crippen LogP contribution in [0.2, 0.25) is 0 Å². The van der Waals surface area contributed by atoms with Crippen LogP contribution in [0, 0.1) is 6.92 Å². The van der Waals surface area contributed by atoms with Gasteiger partial charge in [0.2, 0.25) is 0 Å². The average molecular weight is 318 g/mol. The molecule has 0 bridgehead atoms. The number of amides is 1. The van der Waals surface area contributed by atoms with Crippen LogP contribution in [0.25, 0.3) is 6.08 Å². The summed E-state index contributed by atoms with van der Waals surface area (Å²) in [5.74, 6) is -0.755. The molecule has 0 unspecified atom stereocenters. The lowest BCUT2D eigenvalue weighted by Gasteiger charge is -2.22. The standard InChI is InChI=1S/C16H18N2O3S/c1-10-5-7-12(8-6-10)9-13-14(19)18(16(17-13)22-4)11(2)15(20)21-3/h5-9,11H,1-4H3/b13-9-/t11-/m1/s1. The molecule has 1 aliphatic heterocycles. The lowest BCUT2D eigenvalue weighted by molar-refractivity contribution is -0.147. The maximum Gasteiger partial charge on any atom is 0.328 e. The van der Waals surface area contributed by atoms with E-state index in [4.69, 9.17) is 4.74 Å². The van der Waals surface area contributed by atoms with E-state index in [0.29, 0.717) is 10.9 Å². The molecule has 0 fully saturated rings. The van der Waals surface area contributed by atoms with Crippen molar-refractivity contribution < 1.29 is 14.3 Å².